The van der Waals surface area contributed by atoms with Gasteiger partial charge in [0, 0.05) is 13.6 Å². The minimum Gasteiger partial charge on any atom is -0.344 e. The Bertz CT molecular complexity index is 343. The van der Waals surface area contributed by atoms with Crippen LogP contribution < -0.4 is 5.32 Å². The Morgan fingerprint density at radius 2 is 1.83 bits per heavy atom. The van der Waals surface area contributed by atoms with Crippen LogP contribution in [0, 0.1) is 16.7 Å². The van der Waals surface area contributed by atoms with Crippen LogP contribution in [-0.2, 0) is 9.59 Å². The third-order valence-electron chi connectivity index (χ3n) is 3.42. The predicted molar refractivity (Wildman–Crippen MR) is 69.5 cm³/mol. The lowest BCUT2D eigenvalue weighted by atomic mass is 9.83. The molecule has 0 aliphatic rings. The van der Waals surface area contributed by atoms with E-state index in [1.807, 2.05) is 6.92 Å². The van der Waals surface area contributed by atoms with E-state index in [9.17, 15) is 9.59 Å². The van der Waals surface area contributed by atoms with Crippen molar-refractivity contribution in [2.24, 2.45) is 5.41 Å². The molecule has 0 aromatic carbocycles. The fraction of sp³-hybridized carbons (Fsp3) is 0.769. The van der Waals surface area contributed by atoms with Crippen molar-refractivity contribution < 1.29 is 9.59 Å². The van der Waals surface area contributed by atoms with E-state index in [4.69, 9.17) is 5.26 Å². The molecule has 0 rings (SSSR count). The first kappa shape index (κ1) is 16.4. The van der Waals surface area contributed by atoms with Crippen molar-refractivity contribution in [3.05, 3.63) is 0 Å². The second-order valence-corrected chi connectivity index (χ2v) is 4.45. The summed E-state index contributed by atoms with van der Waals surface area (Å²) >= 11 is 0. The van der Waals surface area contributed by atoms with E-state index in [1.54, 1.807) is 27.8 Å². The number of hydrogen-bond donors (Lipinski definition) is 1. The van der Waals surface area contributed by atoms with E-state index in [2.05, 4.69) is 11.4 Å². The molecule has 102 valence electrons. The average molecular weight is 253 g/mol. The molecule has 2 amide bonds. The summed E-state index contributed by atoms with van der Waals surface area (Å²) in [5.41, 5.74) is -1.03. The van der Waals surface area contributed by atoms with Crippen LogP contribution in [0.4, 0.5) is 0 Å². The molecule has 0 aromatic heterocycles. The highest BCUT2D eigenvalue weighted by Gasteiger charge is 2.36. The van der Waals surface area contributed by atoms with Crippen LogP contribution in [0.15, 0.2) is 0 Å². The summed E-state index contributed by atoms with van der Waals surface area (Å²) in [6.07, 6.45) is 0.882. The molecule has 0 saturated heterocycles. The summed E-state index contributed by atoms with van der Waals surface area (Å²) in [4.78, 5) is 25.4. The summed E-state index contributed by atoms with van der Waals surface area (Å²) in [6.45, 7) is 7.70. The second kappa shape index (κ2) is 7.00. The first-order chi connectivity index (χ1) is 8.38. The number of hydrogen-bond acceptors (Lipinski definition) is 3. The Hall–Kier alpha value is -1.57. The first-order valence-electron chi connectivity index (χ1n) is 6.35. The molecule has 0 radical (unpaired) electrons. The average Bonchev–Trinajstić information content (AvgIpc) is 2.39. The van der Waals surface area contributed by atoms with Gasteiger partial charge in [-0.15, -0.1) is 0 Å². The van der Waals surface area contributed by atoms with Gasteiger partial charge in [0.15, 0.2) is 0 Å². The van der Waals surface area contributed by atoms with Crippen LogP contribution >= 0.6 is 0 Å². The molecular weight excluding hydrogens is 230 g/mol. The van der Waals surface area contributed by atoms with Gasteiger partial charge in [0.05, 0.1) is 6.07 Å². The maximum atomic E-state index is 12.1. The third kappa shape index (κ3) is 3.46. The van der Waals surface area contributed by atoms with Crippen molar-refractivity contribution >= 4 is 11.8 Å². The fourth-order valence-corrected chi connectivity index (χ4v) is 1.66. The van der Waals surface area contributed by atoms with Crippen LogP contribution in [0.2, 0.25) is 0 Å². The van der Waals surface area contributed by atoms with Gasteiger partial charge in [-0.2, -0.15) is 5.26 Å². The molecule has 18 heavy (non-hydrogen) atoms. The maximum Gasteiger partial charge on any atom is 0.244 e. The molecule has 0 saturated carbocycles. The van der Waals surface area contributed by atoms with Gasteiger partial charge in [-0.3, -0.25) is 9.59 Å². The molecule has 0 fully saturated rings. The normalized spacial score (nSPS) is 12.4. The summed E-state index contributed by atoms with van der Waals surface area (Å²) in [7, 11) is 1.68. The van der Waals surface area contributed by atoms with Crippen molar-refractivity contribution in [2.75, 3.05) is 13.6 Å². The third-order valence-corrected chi connectivity index (χ3v) is 3.42. The molecule has 5 heteroatoms. The quantitative estimate of drug-likeness (QED) is 0.775. The summed E-state index contributed by atoms with van der Waals surface area (Å²) in [6, 6.07) is 1.46. The number of amides is 2. The van der Waals surface area contributed by atoms with Crippen molar-refractivity contribution in [3.63, 3.8) is 0 Å². The van der Waals surface area contributed by atoms with Gasteiger partial charge < -0.3 is 10.2 Å². The number of likely N-dealkylation sites (N-methyl/N-ethyl adjacent to an activating group) is 1. The maximum absolute atomic E-state index is 12.1. The van der Waals surface area contributed by atoms with E-state index in [0.29, 0.717) is 19.4 Å². The van der Waals surface area contributed by atoms with Crippen LogP contribution in [0.25, 0.3) is 0 Å². The van der Waals surface area contributed by atoms with E-state index in [-0.39, 0.29) is 11.8 Å². The molecule has 0 bridgehead atoms. The number of nitrogens with zero attached hydrogens (tertiary/aromatic N) is 2. The zero-order valence-electron chi connectivity index (χ0n) is 11.9. The predicted octanol–water partition coefficient (Wildman–Crippen LogP) is 1.30. The Balaban J connectivity index is 4.76. The Morgan fingerprint density at radius 1 is 1.33 bits per heavy atom. The molecule has 0 heterocycles. The largest absolute Gasteiger partial charge is 0.344 e. The van der Waals surface area contributed by atoms with Gasteiger partial charge in [0.25, 0.3) is 0 Å². The van der Waals surface area contributed by atoms with Crippen LogP contribution in [0.1, 0.15) is 40.5 Å². The van der Waals surface area contributed by atoms with Crippen molar-refractivity contribution in [2.45, 2.75) is 46.6 Å². The highest BCUT2D eigenvalue weighted by molar-refractivity contribution is 5.91. The molecule has 1 unspecified atom stereocenters. The smallest absolute Gasteiger partial charge is 0.244 e. The van der Waals surface area contributed by atoms with Crippen LogP contribution in [-0.4, -0.2) is 36.3 Å². The number of rotatable bonds is 6. The highest BCUT2D eigenvalue weighted by atomic mass is 16.2. The van der Waals surface area contributed by atoms with Crippen LogP contribution in [0.3, 0.4) is 0 Å². The summed E-state index contributed by atoms with van der Waals surface area (Å²) in [5.74, 6) is -0.509. The van der Waals surface area contributed by atoms with Gasteiger partial charge in [0.2, 0.25) is 11.8 Å². The molecule has 0 aliphatic heterocycles. The van der Waals surface area contributed by atoms with Gasteiger partial charge in [-0.05, 0) is 26.7 Å². The summed E-state index contributed by atoms with van der Waals surface area (Å²) < 4.78 is 0. The van der Waals surface area contributed by atoms with Gasteiger partial charge in [0.1, 0.15) is 11.5 Å². The first-order valence-corrected chi connectivity index (χ1v) is 6.35. The number of carbonyl (C=O) groups is 2. The van der Waals surface area contributed by atoms with Gasteiger partial charge in [-0.1, -0.05) is 13.8 Å². The Labute approximate surface area is 109 Å². The Morgan fingerprint density at radius 3 is 2.17 bits per heavy atom. The number of carbonyl (C=O) groups excluding carboxylic acids is 2. The lowest BCUT2D eigenvalue weighted by molar-refractivity contribution is -0.137. The minimum atomic E-state index is -1.03. The van der Waals surface area contributed by atoms with Crippen molar-refractivity contribution in [1.29, 1.82) is 5.26 Å². The second-order valence-electron chi connectivity index (χ2n) is 4.45. The van der Waals surface area contributed by atoms with E-state index in [0.717, 1.165) is 0 Å². The lowest BCUT2D eigenvalue weighted by Crippen LogP contribution is -2.50. The number of nitrogens with one attached hydrogen (secondary N) is 1. The van der Waals surface area contributed by atoms with Crippen LogP contribution in [0.5, 0.6) is 0 Å². The molecule has 1 atom stereocenters. The molecule has 0 aromatic rings. The molecule has 1 N–H and O–H groups in total. The van der Waals surface area contributed by atoms with E-state index < -0.39 is 11.5 Å². The zero-order valence-corrected chi connectivity index (χ0v) is 11.9. The zero-order chi connectivity index (χ0) is 14.3. The van der Waals surface area contributed by atoms with Gasteiger partial charge >= 0.3 is 0 Å². The van der Waals surface area contributed by atoms with Crippen molar-refractivity contribution in [1.82, 2.24) is 10.2 Å². The summed E-state index contributed by atoms with van der Waals surface area (Å²) in [5, 5.41) is 11.8. The molecular formula is C13H23N3O2. The SMILES string of the molecule is CCN(C)C(=O)C(C)NC(=O)C(C#N)(CC)CC. The molecule has 5 nitrogen and oxygen atoms in total. The highest BCUT2D eigenvalue weighted by Crippen LogP contribution is 2.25. The molecule has 0 aliphatic carbocycles. The van der Waals surface area contributed by atoms with E-state index in [1.165, 1.54) is 4.90 Å². The number of nitriles is 1. The standard InChI is InChI=1S/C13H23N3O2/c1-6-13(7-2,9-14)12(18)15-10(4)11(17)16(5)8-3/h10H,6-8H2,1-5H3,(H,15,18). The molecule has 0 spiro atoms. The topological polar surface area (TPSA) is 73.2 Å². The fourth-order valence-electron chi connectivity index (χ4n) is 1.66. The van der Waals surface area contributed by atoms with E-state index >= 15 is 0 Å². The van der Waals surface area contributed by atoms with Gasteiger partial charge in [-0.25, -0.2) is 0 Å². The van der Waals surface area contributed by atoms with Crippen molar-refractivity contribution in [3.8, 4) is 6.07 Å². The monoisotopic (exact) mass is 253 g/mol. The Kier molecular flexibility index (Phi) is 6.39. The minimum absolute atomic E-state index is 0.148. The lowest BCUT2D eigenvalue weighted by Gasteiger charge is -2.26.